The van der Waals surface area contributed by atoms with E-state index >= 15 is 0 Å². The number of aromatic nitrogens is 1. The number of aliphatic carboxylic acids is 1. The maximum atomic E-state index is 10.6. The van der Waals surface area contributed by atoms with Crippen LogP contribution in [0.3, 0.4) is 0 Å². The first kappa shape index (κ1) is 12.2. The van der Waals surface area contributed by atoms with Crippen LogP contribution in [0.2, 0.25) is 0 Å². The Morgan fingerprint density at radius 3 is 2.94 bits per heavy atom. The lowest BCUT2D eigenvalue weighted by atomic mass is 9.97. The smallest absolute Gasteiger partial charge is 0.304 e. The first-order valence-corrected chi connectivity index (χ1v) is 4.88. The minimum absolute atomic E-state index is 0.0110. The Kier molecular flexibility index (Phi) is 4.44. The molecule has 0 aromatic carbocycles. The van der Waals surface area contributed by atoms with Crippen LogP contribution >= 0.6 is 0 Å². The molecule has 1 N–H and O–H groups in total. The van der Waals surface area contributed by atoms with Crippen molar-refractivity contribution in [3.63, 3.8) is 0 Å². The lowest BCUT2D eigenvalue weighted by Crippen LogP contribution is -2.17. The molecule has 0 saturated heterocycles. The quantitative estimate of drug-likeness (QED) is 0.606. The SMILES string of the molecule is CO/N=C(/c1cccnc1)C(C)CC(=O)O. The van der Waals surface area contributed by atoms with Crippen molar-refractivity contribution in [3.8, 4) is 0 Å². The summed E-state index contributed by atoms with van der Waals surface area (Å²) in [6.07, 6.45) is 3.29. The lowest BCUT2D eigenvalue weighted by Gasteiger charge is -2.11. The van der Waals surface area contributed by atoms with Crippen molar-refractivity contribution < 1.29 is 14.7 Å². The summed E-state index contributed by atoms with van der Waals surface area (Å²) >= 11 is 0. The molecule has 1 rings (SSSR count). The van der Waals surface area contributed by atoms with E-state index in [0.29, 0.717) is 5.71 Å². The largest absolute Gasteiger partial charge is 0.481 e. The predicted molar refractivity (Wildman–Crippen MR) is 59.2 cm³/mol. The highest BCUT2D eigenvalue weighted by atomic mass is 16.6. The fraction of sp³-hybridized carbons (Fsp3) is 0.364. The molecular weight excluding hydrogens is 208 g/mol. The Balaban J connectivity index is 2.92. The van der Waals surface area contributed by atoms with E-state index in [2.05, 4.69) is 10.1 Å². The van der Waals surface area contributed by atoms with Gasteiger partial charge in [-0.15, -0.1) is 0 Å². The zero-order valence-electron chi connectivity index (χ0n) is 9.25. The van der Waals surface area contributed by atoms with Gasteiger partial charge < -0.3 is 9.94 Å². The molecule has 1 aromatic rings. The number of rotatable bonds is 5. The molecule has 0 radical (unpaired) electrons. The first-order chi connectivity index (χ1) is 7.65. The van der Waals surface area contributed by atoms with Crippen LogP contribution in [0, 0.1) is 5.92 Å². The zero-order valence-corrected chi connectivity index (χ0v) is 9.25. The molecule has 0 aliphatic carbocycles. The average Bonchev–Trinajstić information content (AvgIpc) is 2.26. The molecule has 1 unspecified atom stereocenters. The second kappa shape index (κ2) is 5.85. The molecule has 0 saturated carbocycles. The van der Waals surface area contributed by atoms with Gasteiger partial charge in [0.25, 0.3) is 0 Å². The minimum atomic E-state index is -0.861. The molecule has 0 fully saturated rings. The van der Waals surface area contributed by atoms with E-state index in [0.717, 1.165) is 5.56 Å². The molecule has 0 spiro atoms. The Labute approximate surface area is 93.8 Å². The molecule has 0 aliphatic heterocycles. The van der Waals surface area contributed by atoms with E-state index in [-0.39, 0.29) is 12.3 Å². The highest BCUT2D eigenvalue weighted by Gasteiger charge is 2.17. The van der Waals surface area contributed by atoms with Crippen molar-refractivity contribution in [3.05, 3.63) is 30.1 Å². The van der Waals surface area contributed by atoms with Gasteiger partial charge in [-0.05, 0) is 12.1 Å². The fourth-order valence-electron chi connectivity index (χ4n) is 1.40. The van der Waals surface area contributed by atoms with Crippen molar-refractivity contribution >= 4 is 11.7 Å². The van der Waals surface area contributed by atoms with Crippen LogP contribution in [0.1, 0.15) is 18.9 Å². The number of hydrogen-bond donors (Lipinski definition) is 1. The van der Waals surface area contributed by atoms with Gasteiger partial charge in [0.15, 0.2) is 0 Å². The van der Waals surface area contributed by atoms with E-state index in [1.165, 1.54) is 7.11 Å². The van der Waals surface area contributed by atoms with Crippen molar-refractivity contribution in [2.45, 2.75) is 13.3 Å². The maximum Gasteiger partial charge on any atom is 0.304 e. The number of carboxylic acid groups (broad SMARTS) is 1. The molecule has 5 heteroatoms. The standard InChI is InChI=1S/C11H14N2O3/c1-8(6-10(14)15)11(13-16-2)9-4-3-5-12-7-9/h3-5,7-8H,6H2,1-2H3,(H,14,15)/b13-11+. The van der Waals surface area contributed by atoms with E-state index in [9.17, 15) is 4.79 Å². The normalized spacial score (nSPS) is 13.2. The molecule has 16 heavy (non-hydrogen) atoms. The van der Waals surface area contributed by atoms with Crippen LogP contribution in [0.4, 0.5) is 0 Å². The lowest BCUT2D eigenvalue weighted by molar-refractivity contribution is -0.137. The molecular formula is C11H14N2O3. The van der Waals surface area contributed by atoms with Gasteiger partial charge in [-0.2, -0.15) is 0 Å². The summed E-state index contributed by atoms with van der Waals surface area (Å²) in [6.45, 7) is 1.79. The van der Waals surface area contributed by atoms with Crippen LogP contribution in [0.5, 0.6) is 0 Å². The van der Waals surface area contributed by atoms with Gasteiger partial charge in [0.05, 0.1) is 12.1 Å². The number of oxime groups is 1. The van der Waals surface area contributed by atoms with Crippen molar-refractivity contribution in [2.75, 3.05) is 7.11 Å². The Hall–Kier alpha value is -1.91. The third-order valence-corrected chi connectivity index (χ3v) is 2.09. The number of pyridine rings is 1. The van der Waals surface area contributed by atoms with Gasteiger partial charge >= 0.3 is 5.97 Å². The van der Waals surface area contributed by atoms with Gasteiger partial charge in [0, 0.05) is 23.9 Å². The van der Waals surface area contributed by atoms with Gasteiger partial charge in [-0.1, -0.05) is 12.1 Å². The Morgan fingerprint density at radius 1 is 1.69 bits per heavy atom. The monoisotopic (exact) mass is 222 g/mol. The summed E-state index contributed by atoms with van der Waals surface area (Å²) in [5.74, 6) is -1.08. The van der Waals surface area contributed by atoms with Gasteiger partial charge in [0.1, 0.15) is 7.11 Å². The molecule has 86 valence electrons. The number of carboxylic acids is 1. The van der Waals surface area contributed by atoms with Crippen LogP contribution in [0.25, 0.3) is 0 Å². The predicted octanol–water partition coefficient (Wildman–Crippen LogP) is 1.54. The molecule has 1 heterocycles. The van der Waals surface area contributed by atoms with Gasteiger partial charge in [-0.25, -0.2) is 0 Å². The van der Waals surface area contributed by atoms with Crippen LogP contribution in [-0.2, 0) is 9.63 Å². The molecule has 5 nitrogen and oxygen atoms in total. The molecule has 0 bridgehead atoms. The Bertz CT molecular complexity index is 376. The second-order valence-corrected chi connectivity index (χ2v) is 3.40. The topological polar surface area (TPSA) is 71.8 Å². The maximum absolute atomic E-state index is 10.6. The molecule has 0 aliphatic rings. The van der Waals surface area contributed by atoms with Crippen molar-refractivity contribution in [1.82, 2.24) is 4.98 Å². The summed E-state index contributed by atoms with van der Waals surface area (Å²) in [5, 5.41) is 12.6. The summed E-state index contributed by atoms with van der Waals surface area (Å²) in [7, 11) is 1.43. The van der Waals surface area contributed by atoms with Crippen LogP contribution in [0.15, 0.2) is 29.7 Å². The molecule has 0 amide bonds. The fourth-order valence-corrected chi connectivity index (χ4v) is 1.40. The van der Waals surface area contributed by atoms with Gasteiger partial charge in [0.2, 0.25) is 0 Å². The number of hydrogen-bond acceptors (Lipinski definition) is 4. The summed E-state index contributed by atoms with van der Waals surface area (Å²) in [5.41, 5.74) is 1.37. The van der Waals surface area contributed by atoms with Crippen LogP contribution in [-0.4, -0.2) is 28.9 Å². The second-order valence-electron chi connectivity index (χ2n) is 3.40. The van der Waals surface area contributed by atoms with E-state index in [1.54, 1.807) is 25.4 Å². The van der Waals surface area contributed by atoms with Crippen LogP contribution < -0.4 is 0 Å². The number of carbonyl (C=O) groups is 1. The van der Waals surface area contributed by atoms with Crippen molar-refractivity contribution in [2.24, 2.45) is 11.1 Å². The highest BCUT2D eigenvalue weighted by Crippen LogP contribution is 2.12. The third kappa shape index (κ3) is 3.34. The summed E-state index contributed by atoms with van der Waals surface area (Å²) in [4.78, 5) is 19.3. The molecule has 1 aromatic heterocycles. The highest BCUT2D eigenvalue weighted by molar-refractivity contribution is 6.02. The third-order valence-electron chi connectivity index (χ3n) is 2.09. The average molecular weight is 222 g/mol. The zero-order chi connectivity index (χ0) is 12.0. The van der Waals surface area contributed by atoms with Crippen molar-refractivity contribution in [1.29, 1.82) is 0 Å². The summed E-state index contributed by atoms with van der Waals surface area (Å²) in [6, 6.07) is 3.59. The first-order valence-electron chi connectivity index (χ1n) is 4.88. The van der Waals surface area contributed by atoms with E-state index in [1.807, 2.05) is 6.07 Å². The minimum Gasteiger partial charge on any atom is -0.481 e. The van der Waals surface area contributed by atoms with E-state index in [4.69, 9.17) is 9.94 Å². The summed E-state index contributed by atoms with van der Waals surface area (Å²) < 4.78 is 0. The van der Waals surface area contributed by atoms with E-state index < -0.39 is 5.97 Å². The number of nitrogens with zero attached hydrogens (tertiary/aromatic N) is 2. The van der Waals surface area contributed by atoms with Gasteiger partial charge in [-0.3, -0.25) is 9.78 Å². The molecule has 1 atom stereocenters. The Morgan fingerprint density at radius 2 is 2.44 bits per heavy atom.